The number of benzene rings is 1. The van der Waals surface area contributed by atoms with Gasteiger partial charge in [-0.1, -0.05) is 6.07 Å². The highest BCUT2D eigenvalue weighted by Gasteiger charge is 2.47. The van der Waals surface area contributed by atoms with Crippen molar-refractivity contribution in [2.45, 2.75) is 25.1 Å². The van der Waals surface area contributed by atoms with Crippen molar-refractivity contribution in [3.63, 3.8) is 0 Å². The van der Waals surface area contributed by atoms with E-state index in [4.69, 9.17) is 5.73 Å². The van der Waals surface area contributed by atoms with Gasteiger partial charge in [0.1, 0.15) is 11.7 Å². The molecule has 1 aliphatic rings. The number of nitrogens with zero attached hydrogens (tertiary/aromatic N) is 1. The van der Waals surface area contributed by atoms with Crippen LogP contribution < -0.4 is 11.1 Å². The largest absolute Gasteiger partial charge is 0.408 e. The summed E-state index contributed by atoms with van der Waals surface area (Å²) in [6.07, 6.45) is -4.86. The van der Waals surface area contributed by atoms with Gasteiger partial charge in [0.05, 0.1) is 4.92 Å². The second-order valence-corrected chi connectivity index (χ2v) is 4.89. The van der Waals surface area contributed by atoms with E-state index in [2.05, 4.69) is 0 Å². The number of carbonyl (C=O) groups excluding carboxylic acids is 1. The van der Waals surface area contributed by atoms with E-state index in [0.717, 1.165) is 0 Å². The molecule has 1 heterocycles. The van der Waals surface area contributed by atoms with Crippen LogP contribution in [-0.2, 0) is 11.2 Å². The Kier molecular flexibility index (Phi) is 3.75. The van der Waals surface area contributed by atoms with Crippen LogP contribution in [0.1, 0.15) is 12.0 Å². The molecule has 6 nitrogen and oxygen atoms in total. The molecule has 0 aliphatic carbocycles. The van der Waals surface area contributed by atoms with E-state index < -0.39 is 29.0 Å². The first kappa shape index (κ1) is 15.1. The highest BCUT2D eigenvalue weighted by atomic mass is 19.4. The summed E-state index contributed by atoms with van der Waals surface area (Å²) in [6.45, 7) is 0. The van der Waals surface area contributed by atoms with Crippen LogP contribution in [0.2, 0.25) is 0 Å². The van der Waals surface area contributed by atoms with E-state index >= 15 is 0 Å². The Hall–Kier alpha value is -2.32. The maximum absolute atomic E-state index is 12.5. The molecule has 2 rings (SSSR count). The molecule has 1 saturated heterocycles. The molecule has 0 bridgehead atoms. The smallest absolute Gasteiger partial charge is 0.393 e. The molecule has 1 aromatic rings. The summed E-state index contributed by atoms with van der Waals surface area (Å²) in [5, 5.41) is 12.6. The van der Waals surface area contributed by atoms with Crippen LogP contribution in [0.4, 0.5) is 24.5 Å². The van der Waals surface area contributed by atoms with E-state index in [1.807, 2.05) is 5.32 Å². The Labute approximate surface area is 117 Å². The van der Waals surface area contributed by atoms with Crippen LogP contribution in [0.15, 0.2) is 18.2 Å². The van der Waals surface area contributed by atoms with E-state index in [9.17, 15) is 28.1 Å². The van der Waals surface area contributed by atoms with Crippen LogP contribution in [0.25, 0.3) is 0 Å². The van der Waals surface area contributed by atoms with Crippen LogP contribution in [0, 0.1) is 16.0 Å². The molecule has 1 amide bonds. The summed E-state index contributed by atoms with van der Waals surface area (Å²) in [4.78, 5) is 21.6. The van der Waals surface area contributed by atoms with E-state index in [0.29, 0.717) is 5.56 Å². The molecule has 0 radical (unpaired) electrons. The quantitative estimate of drug-likeness (QED) is 0.505. The van der Waals surface area contributed by atoms with Crippen LogP contribution in [0.3, 0.4) is 0 Å². The maximum atomic E-state index is 12.5. The third-order valence-corrected chi connectivity index (χ3v) is 3.38. The monoisotopic (exact) mass is 303 g/mol. The number of nitrogens with one attached hydrogen (secondary N) is 1. The van der Waals surface area contributed by atoms with Crippen molar-refractivity contribution >= 4 is 17.3 Å². The third kappa shape index (κ3) is 3.23. The lowest BCUT2D eigenvalue weighted by Crippen LogP contribution is -2.38. The predicted molar refractivity (Wildman–Crippen MR) is 67.3 cm³/mol. The number of alkyl halides is 3. The number of anilines is 1. The molecule has 0 saturated carbocycles. The van der Waals surface area contributed by atoms with Crippen molar-refractivity contribution in [1.82, 2.24) is 5.32 Å². The van der Waals surface area contributed by atoms with Gasteiger partial charge >= 0.3 is 6.18 Å². The zero-order valence-corrected chi connectivity index (χ0v) is 10.7. The number of nitrogens with two attached hydrogens (primary N) is 1. The van der Waals surface area contributed by atoms with Crippen LogP contribution in [-0.4, -0.2) is 23.0 Å². The molecular weight excluding hydrogens is 291 g/mol. The molecule has 0 spiro atoms. The molecule has 1 fully saturated rings. The van der Waals surface area contributed by atoms with Crippen molar-refractivity contribution in [1.29, 1.82) is 0 Å². The molecule has 0 aromatic heterocycles. The number of hydrogen-bond acceptors (Lipinski definition) is 4. The van der Waals surface area contributed by atoms with Gasteiger partial charge in [0, 0.05) is 12.0 Å². The van der Waals surface area contributed by atoms with Gasteiger partial charge < -0.3 is 11.1 Å². The fourth-order valence-corrected chi connectivity index (χ4v) is 2.29. The van der Waals surface area contributed by atoms with Crippen molar-refractivity contribution in [3.8, 4) is 0 Å². The first-order valence-electron chi connectivity index (χ1n) is 6.08. The average Bonchev–Trinajstić information content (AvgIpc) is 2.73. The molecule has 21 heavy (non-hydrogen) atoms. The van der Waals surface area contributed by atoms with Crippen molar-refractivity contribution in [2.24, 2.45) is 5.92 Å². The minimum Gasteiger partial charge on any atom is -0.393 e. The molecular formula is C12H12F3N3O3. The van der Waals surface area contributed by atoms with E-state index in [1.54, 1.807) is 0 Å². The third-order valence-electron chi connectivity index (χ3n) is 3.38. The molecule has 2 unspecified atom stereocenters. The highest BCUT2D eigenvalue weighted by molar-refractivity contribution is 5.81. The Morgan fingerprint density at radius 1 is 1.43 bits per heavy atom. The SMILES string of the molecule is Nc1ccc(CC2CC(C(F)(F)F)NC2=O)cc1[N+](=O)[O-]. The van der Waals surface area contributed by atoms with Gasteiger partial charge in [0.15, 0.2) is 0 Å². The van der Waals surface area contributed by atoms with E-state index in [-0.39, 0.29) is 24.2 Å². The van der Waals surface area contributed by atoms with Gasteiger partial charge in [-0.2, -0.15) is 13.2 Å². The zero-order chi connectivity index (χ0) is 15.8. The van der Waals surface area contributed by atoms with E-state index in [1.165, 1.54) is 18.2 Å². The van der Waals surface area contributed by atoms with Crippen LogP contribution >= 0.6 is 0 Å². The normalized spacial score (nSPS) is 22.1. The number of rotatable bonds is 3. The number of nitro groups is 1. The van der Waals surface area contributed by atoms with Gasteiger partial charge in [-0.15, -0.1) is 0 Å². The number of halogens is 3. The fraction of sp³-hybridized carbons (Fsp3) is 0.417. The van der Waals surface area contributed by atoms with Gasteiger partial charge in [-0.3, -0.25) is 14.9 Å². The molecule has 1 aliphatic heterocycles. The minimum atomic E-state index is -4.49. The summed E-state index contributed by atoms with van der Waals surface area (Å²) >= 11 is 0. The highest BCUT2D eigenvalue weighted by Crippen LogP contribution is 2.32. The summed E-state index contributed by atoms with van der Waals surface area (Å²) in [7, 11) is 0. The molecule has 1 aromatic carbocycles. The lowest BCUT2D eigenvalue weighted by atomic mass is 9.95. The predicted octanol–water partition coefficient (Wildman–Crippen LogP) is 1.79. The maximum Gasteiger partial charge on any atom is 0.408 e. The first-order valence-corrected chi connectivity index (χ1v) is 6.08. The molecule has 3 N–H and O–H groups in total. The Balaban J connectivity index is 2.14. The average molecular weight is 303 g/mol. The van der Waals surface area contributed by atoms with Gasteiger partial charge in [-0.25, -0.2) is 0 Å². The second kappa shape index (κ2) is 5.23. The first-order chi connectivity index (χ1) is 9.68. The second-order valence-electron chi connectivity index (χ2n) is 4.89. The zero-order valence-electron chi connectivity index (χ0n) is 10.7. The Bertz CT molecular complexity index is 589. The summed E-state index contributed by atoms with van der Waals surface area (Å²) < 4.78 is 37.6. The summed E-state index contributed by atoms with van der Waals surface area (Å²) in [6, 6.07) is 2.10. The number of carbonyl (C=O) groups is 1. The lowest BCUT2D eigenvalue weighted by molar-refractivity contribution is -0.384. The minimum absolute atomic E-state index is 0.000463. The number of amides is 1. The van der Waals surface area contributed by atoms with Gasteiger partial charge in [0.2, 0.25) is 5.91 Å². The molecule has 9 heteroatoms. The topological polar surface area (TPSA) is 98.3 Å². The fourth-order valence-electron chi connectivity index (χ4n) is 2.29. The molecule has 114 valence electrons. The number of nitrogen functional groups attached to an aromatic ring is 1. The van der Waals surface area contributed by atoms with Gasteiger partial charge in [-0.05, 0) is 24.5 Å². The summed E-state index contributed by atoms with van der Waals surface area (Å²) in [5.41, 5.74) is 5.48. The van der Waals surface area contributed by atoms with Crippen molar-refractivity contribution in [2.75, 3.05) is 5.73 Å². The van der Waals surface area contributed by atoms with Crippen molar-refractivity contribution in [3.05, 3.63) is 33.9 Å². The number of nitro benzene ring substituents is 1. The summed E-state index contributed by atoms with van der Waals surface area (Å²) in [5.74, 6) is -1.56. The number of hydrogen-bond donors (Lipinski definition) is 2. The standard InChI is InChI=1S/C12H12F3N3O3/c13-12(14,15)10-5-7(11(19)17-10)3-6-1-2-8(16)9(4-6)18(20)21/h1-2,4,7,10H,3,5,16H2,(H,17,19). The Morgan fingerprint density at radius 2 is 2.10 bits per heavy atom. The molecule has 2 atom stereocenters. The lowest BCUT2D eigenvalue weighted by Gasteiger charge is -2.13. The van der Waals surface area contributed by atoms with Gasteiger partial charge in [0.25, 0.3) is 5.69 Å². The van der Waals surface area contributed by atoms with Crippen LogP contribution in [0.5, 0.6) is 0 Å². The van der Waals surface area contributed by atoms with Crippen molar-refractivity contribution < 1.29 is 22.9 Å². The Morgan fingerprint density at radius 3 is 2.62 bits per heavy atom.